The van der Waals surface area contributed by atoms with Crippen molar-refractivity contribution in [2.45, 2.75) is 6.10 Å². The van der Waals surface area contributed by atoms with Crippen LogP contribution in [0, 0.1) is 0 Å². The van der Waals surface area contributed by atoms with Gasteiger partial charge in [-0.15, -0.1) is 0 Å². The molecule has 0 aliphatic carbocycles. The monoisotopic (exact) mass is 225 g/mol. The molecule has 1 aliphatic rings. The van der Waals surface area contributed by atoms with E-state index in [0.29, 0.717) is 36.8 Å². The Morgan fingerprint density at radius 1 is 1.38 bits per heavy atom. The summed E-state index contributed by atoms with van der Waals surface area (Å²) in [4.78, 5) is 0. The van der Waals surface area contributed by atoms with E-state index in [4.69, 9.17) is 9.47 Å². The van der Waals surface area contributed by atoms with Crippen LogP contribution in [0.15, 0.2) is 12.1 Å². The van der Waals surface area contributed by atoms with Crippen molar-refractivity contribution in [3.05, 3.63) is 17.7 Å². The molecule has 1 aliphatic heterocycles. The molecule has 1 atom stereocenters. The standard InChI is InChI=1S/C11H15NO4/c1-12-6-8(13)7-2-3-9-11(10(7)14)16-5-4-15-9/h2-3,8,12-14H,4-6H2,1H3. The maximum Gasteiger partial charge on any atom is 0.203 e. The van der Waals surface area contributed by atoms with Gasteiger partial charge in [-0.2, -0.15) is 0 Å². The van der Waals surface area contributed by atoms with Gasteiger partial charge in [0.2, 0.25) is 5.75 Å². The van der Waals surface area contributed by atoms with E-state index in [1.54, 1.807) is 19.2 Å². The summed E-state index contributed by atoms with van der Waals surface area (Å²) in [5, 5.41) is 22.6. The van der Waals surface area contributed by atoms with Crippen LogP contribution in [0.25, 0.3) is 0 Å². The van der Waals surface area contributed by atoms with Crippen molar-refractivity contribution >= 4 is 0 Å². The molecule has 1 aromatic rings. The highest BCUT2D eigenvalue weighted by atomic mass is 16.6. The van der Waals surface area contributed by atoms with E-state index in [-0.39, 0.29) is 5.75 Å². The van der Waals surface area contributed by atoms with E-state index < -0.39 is 6.10 Å². The predicted octanol–water partition coefficient (Wildman–Crippen LogP) is 0.416. The topological polar surface area (TPSA) is 71.0 Å². The SMILES string of the molecule is CNCC(O)c1ccc2c(c1O)OCCO2. The molecule has 0 spiro atoms. The minimum Gasteiger partial charge on any atom is -0.504 e. The molecule has 0 saturated heterocycles. The van der Waals surface area contributed by atoms with Gasteiger partial charge < -0.3 is 25.0 Å². The number of hydrogen-bond donors (Lipinski definition) is 3. The lowest BCUT2D eigenvalue weighted by atomic mass is 10.1. The molecule has 0 fully saturated rings. The first-order chi connectivity index (χ1) is 7.74. The average molecular weight is 225 g/mol. The molecule has 3 N–H and O–H groups in total. The van der Waals surface area contributed by atoms with Crippen molar-refractivity contribution in [1.82, 2.24) is 5.32 Å². The van der Waals surface area contributed by atoms with Gasteiger partial charge in [-0.05, 0) is 19.2 Å². The third kappa shape index (κ3) is 1.91. The average Bonchev–Trinajstić information content (AvgIpc) is 2.30. The third-order valence-corrected chi connectivity index (χ3v) is 2.47. The van der Waals surface area contributed by atoms with Crippen molar-refractivity contribution in [2.75, 3.05) is 26.8 Å². The molecule has 16 heavy (non-hydrogen) atoms. The van der Waals surface area contributed by atoms with E-state index >= 15 is 0 Å². The molecular weight excluding hydrogens is 210 g/mol. The van der Waals surface area contributed by atoms with Gasteiger partial charge in [-0.1, -0.05) is 0 Å². The van der Waals surface area contributed by atoms with Crippen LogP contribution in [-0.2, 0) is 0 Å². The Kier molecular flexibility index (Phi) is 3.17. The van der Waals surface area contributed by atoms with Crippen LogP contribution in [0.5, 0.6) is 17.2 Å². The number of benzene rings is 1. The molecule has 1 aromatic carbocycles. The molecule has 1 unspecified atom stereocenters. The van der Waals surface area contributed by atoms with Gasteiger partial charge in [0.1, 0.15) is 13.2 Å². The number of aliphatic hydroxyl groups excluding tert-OH is 1. The van der Waals surface area contributed by atoms with E-state index in [1.165, 1.54) is 0 Å². The zero-order valence-electron chi connectivity index (χ0n) is 9.06. The van der Waals surface area contributed by atoms with Crippen LogP contribution in [0.1, 0.15) is 11.7 Å². The molecule has 2 rings (SSSR count). The van der Waals surface area contributed by atoms with Crippen LogP contribution >= 0.6 is 0 Å². The van der Waals surface area contributed by atoms with Crippen LogP contribution in [0.2, 0.25) is 0 Å². The van der Waals surface area contributed by atoms with Crippen molar-refractivity contribution in [1.29, 1.82) is 0 Å². The maximum absolute atomic E-state index is 9.94. The number of aliphatic hydroxyl groups is 1. The quantitative estimate of drug-likeness (QED) is 0.695. The number of phenolic OH excluding ortho intramolecular Hbond substituents is 1. The maximum atomic E-state index is 9.94. The van der Waals surface area contributed by atoms with Gasteiger partial charge in [-0.25, -0.2) is 0 Å². The summed E-state index contributed by atoms with van der Waals surface area (Å²) >= 11 is 0. The number of phenols is 1. The normalized spacial score (nSPS) is 15.9. The van der Waals surface area contributed by atoms with E-state index in [1.807, 2.05) is 0 Å². The van der Waals surface area contributed by atoms with Gasteiger partial charge >= 0.3 is 0 Å². The second-order valence-corrected chi connectivity index (χ2v) is 3.60. The lowest BCUT2D eigenvalue weighted by Crippen LogP contribution is -2.19. The highest BCUT2D eigenvalue weighted by Crippen LogP contribution is 2.42. The molecule has 1 heterocycles. The molecule has 0 saturated carbocycles. The van der Waals surface area contributed by atoms with Crippen molar-refractivity contribution in [3.8, 4) is 17.2 Å². The van der Waals surface area contributed by atoms with E-state index in [2.05, 4.69) is 5.32 Å². The van der Waals surface area contributed by atoms with Gasteiger partial charge in [0.05, 0.1) is 6.10 Å². The van der Waals surface area contributed by atoms with Gasteiger partial charge in [-0.3, -0.25) is 0 Å². The number of rotatable bonds is 3. The molecule has 5 heteroatoms. The molecule has 0 radical (unpaired) electrons. The van der Waals surface area contributed by atoms with Crippen LogP contribution in [0.3, 0.4) is 0 Å². The molecule has 0 amide bonds. The minimum absolute atomic E-state index is 0.0417. The molecule has 88 valence electrons. The second-order valence-electron chi connectivity index (χ2n) is 3.60. The highest BCUT2D eigenvalue weighted by molar-refractivity contribution is 5.56. The summed E-state index contributed by atoms with van der Waals surface area (Å²) in [6, 6.07) is 3.34. The van der Waals surface area contributed by atoms with E-state index in [9.17, 15) is 10.2 Å². The first kappa shape index (κ1) is 11.0. The summed E-state index contributed by atoms with van der Waals surface area (Å²) in [5.41, 5.74) is 0.443. The van der Waals surface area contributed by atoms with Gasteiger partial charge in [0.15, 0.2) is 11.5 Å². The van der Waals surface area contributed by atoms with Crippen molar-refractivity contribution in [2.24, 2.45) is 0 Å². The summed E-state index contributed by atoms with van der Waals surface area (Å²) in [6.07, 6.45) is -0.763. The number of likely N-dealkylation sites (N-methyl/N-ethyl adjacent to an activating group) is 1. The van der Waals surface area contributed by atoms with Crippen molar-refractivity contribution in [3.63, 3.8) is 0 Å². The number of aromatic hydroxyl groups is 1. The lowest BCUT2D eigenvalue weighted by molar-refractivity contribution is 0.155. The summed E-state index contributed by atoms with van der Waals surface area (Å²) in [7, 11) is 1.73. The number of hydrogen-bond acceptors (Lipinski definition) is 5. The fourth-order valence-corrected chi connectivity index (χ4v) is 1.69. The molecule has 5 nitrogen and oxygen atoms in total. The van der Waals surface area contributed by atoms with Crippen LogP contribution in [0.4, 0.5) is 0 Å². The fraction of sp³-hybridized carbons (Fsp3) is 0.455. The lowest BCUT2D eigenvalue weighted by Gasteiger charge is -2.21. The van der Waals surface area contributed by atoms with Crippen LogP contribution in [-0.4, -0.2) is 37.0 Å². The number of nitrogens with one attached hydrogen (secondary N) is 1. The Bertz CT molecular complexity index is 380. The third-order valence-electron chi connectivity index (χ3n) is 2.47. The summed E-state index contributed by atoms with van der Waals surface area (Å²) in [5.74, 6) is 0.794. The smallest absolute Gasteiger partial charge is 0.203 e. The first-order valence-corrected chi connectivity index (χ1v) is 5.18. The van der Waals surface area contributed by atoms with Gasteiger partial charge in [0.25, 0.3) is 0 Å². The zero-order valence-corrected chi connectivity index (χ0v) is 9.06. The Labute approximate surface area is 93.6 Å². The molecule has 0 bridgehead atoms. The Hall–Kier alpha value is -1.46. The minimum atomic E-state index is -0.763. The Morgan fingerprint density at radius 2 is 2.12 bits per heavy atom. The molecular formula is C11H15NO4. The van der Waals surface area contributed by atoms with E-state index in [0.717, 1.165) is 0 Å². The van der Waals surface area contributed by atoms with Gasteiger partial charge in [0, 0.05) is 12.1 Å². The Balaban J connectivity index is 2.33. The second kappa shape index (κ2) is 4.59. The first-order valence-electron chi connectivity index (χ1n) is 5.18. The predicted molar refractivity (Wildman–Crippen MR) is 58.0 cm³/mol. The summed E-state index contributed by atoms with van der Waals surface area (Å²) in [6.45, 7) is 1.25. The number of ether oxygens (including phenoxy) is 2. The fourth-order valence-electron chi connectivity index (χ4n) is 1.69. The highest BCUT2D eigenvalue weighted by Gasteiger charge is 2.21. The zero-order chi connectivity index (χ0) is 11.5. The largest absolute Gasteiger partial charge is 0.504 e. The molecule has 0 aromatic heterocycles. The summed E-state index contributed by atoms with van der Waals surface area (Å²) < 4.78 is 10.6. The van der Waals surface area contributed by atoms with Crippen LogP contribution < -0.4 is 14.8 Å². The number of fused-ring (bicyclic) bond motifs is 1. The van der Waals surface area contributed by atoms with Crippen molar-refractivity contribution < 1.29 is 19.7 Å². The Morgan fingerprint density at radius 3 is 2.88 bits per heavy atom.